The molecule has 5 nitrogen and oxygen atoms in total. The number of nitrogens with zero attached hydrogens (tertiary/aromatic N) is 1. The third-order valence-corrected chi connectivity index (χ3v) is 4.64. The molecular formula is C20H25BrFIN4O. The third kappa shape index (κ3) is 7.75. The molecule has 2 aromatic rings. The van der Waals surface area contributed by atoms with Gasteiger partial charge >= 0.3 is 0 Å². The normalized spacial score (nSPS) is 10.8. The van der Waals surface area contributed by atoms with Crippen molar-refractivity contribution in [2.24, 2.45) is 4.99 Å². The van der Waals surface area contributed by atoms with Crippen molar-refractivity contribution in [3.8, 4) is 0 Å². The molecule has 28 heavy (non-hydrogen) atoms. The van der Waals surface area contributed by atoms with Gasteiger partial charge in [0.1, 0.15) is 5.82 Å². The van der Waals surface area contributed by atoms with Gasteiger partial charge in [-0.3, -0.25) is 9.79 Å². The van der Waals surface area contributed by atoms with E-state index in [1.165, 1.54) is 6.07 Å². The third-order valence-electron chi connectivity index (χ3n) is 4.04. The number of carbonyl (C=O) groups excluding carboxylic acids is 1. The van der Waals surface area contributed by atoms with Gasteiger partial charge in [-0.2, -0.15) is 0 Å². The fraction of sp³-hybridized carbons (Fsp3) is 0.300. The van der Waals surface area contributed by atoms with E-state index in [0.29, 0.717) is 29.1 Å². The Morgan fingerprint density at radius 1 is 1.07 bits per heavy atom. The van der Waals surface area contributed by atoms with Crippen LogP contribution in [0, 0.1) is 5.82 Å². The Balaban J connectivity index is 0.00000392. The smallest absolute Gasteiger partial charge is 0.251 e. The summed E-state index contributed by atoms with van der Waals surface area (Å²) in [7, 11) is 3.34. The van der Waals surface area contributed by atoms with Crippen LogP contribution in [0.5, 0.6) is 0 Å². The van der Waals surface area contributed by atoms with Gasteiger partial charge in [-0.05, 0) is 64.2 Å². The summed E-state index contributed by atoms with van der Waals surface area (Å²) in [6.07, 6.45) is 1.53. The Hall–Kier alpha value is -1.68. The first kappa shape index (κ1) is 24.4. The lowest BCUT2D eigenvalue weighted by molar-refractivity contribution is 0.0963. The van der Waals surface area contributed by atoms with Crippen molar-refractivity contribution in [1.82, 2.24) is 16.0 Å². The molecule has 0 aliphatic rings. The number of amides is 1. The predicted octanol–water partition coefficient (Wildman–Crippen LogP) is 3.52. The Kier molecular flexibility index (Phi) is 11.1. The SMILES string of the molecule is CN=C(NCCc1cccc(C(=O)NC)c1)NCCc1ccc(F)c(Br)c1.I. The molecule has 1 amide bonds. The first-order valence-corrected chi connectivity index (χ1v) is 9.52. The highest BCUT2D eigenvalue weighted by Gasteiger charge is 2.05. The molecule has 0 aliphatic carbocycles. The molecule has 8 heteroatoms. The Labute approximate surface area is 190 Å². The molecule has 0 fully saturated rings. The zero-order chi connectivity index (χ0) is 19.6. The van der Waals surface area contributed by atoms with E-state index < -0.39 is 0 Å². The van der Waals surface area contributed by atoms with Gasteiger partial charge in [-0.15, -0.1) is 24.0 Å². The van der Waals surface area contributed by atoms with E-state index in [9.17, 15) is 9.18 Å². The fourth-order valence-electron chi connectivity index (χ4n) is 2.58. The zero-order valence-corrected chi connectivity index (χ0v) is 19.8. The lowest BCUT2D eigenvalue weighted by Gasteiger charge is -2.12. The maximum Gasteiger partial charge on any atom is 0.251 e. The van der Waals surface area contributed by atoms with Crippen molar-refractivity contribution in [3.05, 3.63) is 69.4 Å². The van der Waals surface area contributed by atoms with E-state index in [1.807, 2.05) is 18.2 Å². The summed E-state index contributed by atoms with van der Waals surface area (Å²) in [5, 5.41) is 9.13. The highest BCUT2D eigenvalue weighted by atomic mass is 127. The average Bonchev–Trinajstić information content (AvgIpc) is 2.69. The molecule has 0 aliphatic heterocycles. The Bertz CT molecular complexity index is 817. The van der Waals surface area contributed by atoms with E-state index in [0.717, 1.165) is 24.0 Å². The molecule has 0 saturated carbocycles. The van der Waals surface area contributed by atoms with E-state index in [1.54, 1.807) is 32.3 Å². The molecule has 0 bridgehead atoms. The largest absolute Gasteiger partial charge is 0.356 e. The van der Waals surface area contributed by atoms with Crippen LogP contribution in [0.4, 0.5) is 4.39 Å². The molecule has 0 saturated heterocycles. The molecule has 0 radical (unpaired) electrons. The molecule has 0 aromatic heterocycles. The fourth-order valence-corrected chi connectivity index (χ4v) is 3.00. The quantitative estimate of drug-likeness (QED) is 0.275. The molecule has 0 atom stereocenters. The molecule has 2 rings (SSSR count). The van der Waals surface area contributed by atoms with E-state index in [4.69, 9.17) is 0 Å². The van der Waals surface area contributed by atoms with Gasteiger partial charge in [0.15, 0.2) is 5.96 Å². The van der Waals surface area contributed by atoms with Crippen molar-refractivity contribution >= 4 is 51.8 Å². The number of aliphatic imine (C=N–C) groups is 1. The van der Waals surface area contributed by atoms with Gasteiger partial charge in [-0.1, -0.05) is 18.2 Å². The van der Waals surface area contributed by atoms with Crippen LogP contribution in [-0.4, -0.2) is 39.1 Å². The molecule has 0 spiro atoms. The van der Waals surface area contributed by atoms with Gasteiger partial charge < -0.3 is 16.0 Å². The lowest BCUT2D eigenvalue weighted by Crippen LogP contribution is -2.39. The van der Waals surface area contributed by atoms with Crippen molar-refractivity contribution < 1.29 is 9.18 Å². The minimum absolute atomic E-state index is 0. The number of carbonyl (C=O) groups is 1. The minimum Gasteiger partial charge on any atom is -0.356 e. The minimum atomic E-state index is -0.260. The summed E-state index contributed by atoms with van der Waals surface area (Å²) in [6.45, 7) is 1.38. The number of nitrogens with one attached hydrogen (secondary N) is 3. The summed E-state index contributed by atoms with van der Waals surface area (Å²) in [6, 6.07) is 12.6. The number of halogens is 3. The highest BCUT2D eigenvalue weighted by molar-refractivity contribution is 14.0. The van der Waals surface area contributed by atoms with Crippen LogP contribution in [0.2, 0.25) is 0 Å². The predicted molar refractivity (Wildman–Crippen MR) is 126 cm³/mol. The lowest BCUT2D eigenvalue weighted by atomic mass is 10.1. The van der Waals surface area contributed by atoms with Crippen LogP contribution in [0.1, 0.15) is 21.5 Å². The maximum absolute atomic E-state index is 13.3. The van der Waals surface area contributed by atoms with Gasteiger partial charge in [-0.25, -0.2) is 4.39 Å². The van der Waals surface area contributed by atoms with Gasteiger partial charge in [0.2, 0.25) is 0 Å². The van der Waals surface area contributed by atoms with Crippen molar-refractivity contribution in [3.63, 3.8) is 0 Å². The molecule has 2 aromatic carbocycles. The first-order valence-electron chi connectivity index (χ1n) is 8.73. The zero-order valence-electron chi connectivity index (χ0n) is 15.9. The summed E-state index contributed by atoms with van der Waals surface area (Å²) in [5.74, 6) is 0.359. The van der Waals surface area contributed by atoms with Crippen molar-refractivity contribution in [2.45, 2.75) is 12.8 Å². The molecule has 0 heterocycles. The monoisotopic (exact) mass is 562 g/mol. The van der Waals surface area contributed by atoms with Crippen molar-refractivity contribution in [2.75, 3.05) is 27.2 Å². The standard InChI is InChI=1S/C20H24BrFN4O.HI/c1-23-19(27)16-5-3-4-14(12-16)8-10-25-20(24-2)26-11-9-15-6-7-18(22)17(21)13-15;/h3-7,12-13H,8-11H2,1-2H3,(H,23,27)(H2,24,25,26);1H. The molecule has 3 N–H and O–H groups in total. The molecule has 152 valence electrons. The topological polar surface area (TPSA) is 65.5 Å². The summed E-state index contributed by atoms with van der Waals surface area (Å²) in [5.41, 5.74) is 2.77. The second-order valence-corrected chi connectivity index (χ2v) is 6.81. The van der Waals surface area contributed by atoms with Crippen LogP contribution in [0.3, 0.4) is 0 Å². The van der Waals surface area contributed by atoms with E-state index in [-0.39, 0.29) is 35.7 Å². The molecular weight excluding hydrogens is 538 g/mol. The second kappa shape index (κ2) is 12.7. The highest BCUT2D eigenvalue weighted by Crippen LogP contribution is 2.16. The van der Waals surface area contributed by atoms with E-state index >= 15 is 0 Å². The summed E-state index contributed by atoms with van der Waals surface area (Å²) >= 11 is 3.20. The Morgan fingerprint density at radius 3 is 2.29 bits per heavy atom. The van der Waals surface area contributed by atoms with Crippen LogP contribution in [0.15, 0.2) is 51.9 Å². The van der Waals surface area contributed by atoms with Gasteiger partial charge in [0.05, 0.1) is 4.47 Å². The van der Waals surface area contributed by atoms with Crippen molar-refractivity contribution in [1.29, 1.82) is 0 Å². The van der Waals surface area contributed by atoms with Crippen LogP contribution >= 0.6 is 39.9 Å². The molecule has 0 unspecified atom stereocenters. The van der Waals surface area contributed by atoms with E-state index in [2.05, 4.69) is 36.9 Å². The van der Waals surface area contributed by atoms with Gasteiger partial charge in [0.25, 0.3) is 5.91 Å². The Morgan fingerprint density at radius 2 is 1.71 bits per heavy atom. The maximum atomic E-state index is 13.3. The first-order chi connectivity index (χ1) is 13.0. The number of benzene rings is 2. The van der Waals surface area contributed by atoms with Crippen LogP contribution < -0.4 is 16.0 Å². The van der Waals surface area contributed by atoms with Crippen LogP contribution in [-0.2, 0) is 12.8 Å². The number of rotatable bonds is 7. The number of hydrogen-bond donors (Lipinski definition) is 3. The summed E-state index contributed by atoms with van der Waals surface area (Å²) in [4.78, 5) is 15.9. The number of guanidine groups is 1. The summed E-state index contributed by atoms with van der Waals surface area (Å²) < 4.78 is 13.7. The van der Waals surface area contributed by atoms with Gasteiger partial charge in [0, 0.05) is 32.7 Å². The van der Waals surface area contributed by atoms with Crippen LogP contribution in [0.25, 0.3) is 0 Å². The number of hydrogen-bond acceptors (Lipinski definition) is 2. The average molecular weight is 563 g/mol. The second-order valence-electron chi connectivity index (χ2n) is 5.95.